The zero-order valence-corrected chi connectivity index (χ0v) is 15.9. The molecule has 0 saturated heterocycles. The highest BCUT2D eigenvalue weighted by Gasteiger charge is 2.15. The molecule has 2 rings (SSSR count). The number of thiophene rings is 1. The fourth-order valence-electron chi connectivity index (χ4n) is 2.37. The molecule has 0 fully saturated rings. The topological polar surface area (TPSA) is 84.5 Å². The highest BCUT2D eigenvalue weighted by Crippen LogP contribution is 2.23. The second kappa shape index (κ2) is 9.15. The Hall–Kier alpha value is -2.67. The van der Waals surface area contributed by atoms with Crippen LogP contribution in [0.15, 0.2) is 30.3 Å². The van der Waals surface area contributed by atoms with Crippen LogP contribution in [0.5, 0.6) is 0 Å². The Labute approximate surface area is 156 Å². The molecule has 0 aliphatic heterocycles. The first-order chi connectivity index (χ1) is 12.4. The van der Waals surface area contributed by atoms with E-state index in [1.54, 1.807) is 30.3 Å². The van der Waals surface area contributed by atoms with Gasteiger partial charge in [-0.1, -0.05) is 13.0 Å². The maximum atomic E-state index is 12.1. The Morgan fingerprint density at radius 2 is 1.92 bits per heavy atom. The van der Waals surface area contributed by atoms with E-state index in [1.807, 2.05) is 20.8 Å². The standard InChI is InChI=1S/C19H22N2O4S/c1-4-15-12(3)9-16(26-15)19(24)25-11-17(22)21-14-8-6-7-13(10-14)18(23)20-5-2/h6-10H,4-5,11H2,1-3H3,(H,20,23)(H,21,22). The number of nitrogens with one attached hydrogen (secondary N) is 2. The molecule has 0 saturated carbocycles. The van der Waals surface area contributed by atoms with Crippen molar-refractivity contribution in [3.8, 4) is 0 Å². The Bertz CT molecular complexity index is 814. The van der Waals surface area contributed by atoms with Crippen LogP contribution in [0.1, 0.15) is 44.3 Å². The molecule has 0 radical (unpaired) electrons. The number of anilines is 1. The Kier molecular flexibility index (Phi) is 6.91. The quantitative estimate of drug-likeness (QED) is 0.729. The number of amides is 2. The molecule has 2 aromatic rings. The summed E-state index contributed by atoms with van der Waals surface area (Å²) in [5, 5.41) is 5.31. The van der Waals surface area contributed by atoms with Crippen LogP contribution < -0.4 is 10.6 Å². The lowest BCUT2D eigenvalue weighted by molar-refractivity contribution is -0.119. The predicted octanol–water partition coefficient (Wildman–Crippen LogP) is 3.16. The minimum Gasteiger partial charge on any atom is -0.451 e. The average molecular weight is 374 g/mol. The third kappa shape index (κ3) is 5.16. The molecular formula is C19H22N2O4S. The average Bonchev–Trinajstić information content (AvgIpc) is 3.01. The van der Waals surface area contributed by atoms with Crippen molar-refractivity contribution in [3.63, 3.8) is 0 Å². The summed E-state index contributed by atoms with van der Waals surface area (Å²) in [5.41, 5.74) is 1.97. The third-order valence-corrected chi connectivity index (χ3v) is 4.98. The molecule has 1 aromatic carbocycles. The van der Waals surface area contributed by atoms with Crippen LogP contribution in [0, 0.1) is 6.92 Å². The summed E-state index contributed by atoms with van der Waals surface area (Å²) in [6.45, 7) is 5.93. The SMILES string of the molecule is CCNC(=O)c1cccc(NC(=O)COC(=O)c2cc(C)c(CC)s2)c1. The van der Waals surface area contributed by atoms with Crippen LogP contribution >= 0.6 is 11.3 Å². The number of carbonyl (C=O) groups excluding carboxylic acids is 3. The summed E-state index contributed by atoms with van der Waals surface area (Å²) < 4.78 is 5.07. The van der Waals surface area contributed by atoms with E-state index in [1.165, 1.54) is 11.3 Å². The molecule has 0 spiro atoms. The number of benzene rings is 1. The van der Waals surface area contributed by atoms with Gasteiger partial charge < -0.3 is 15.4 Å². The smallest absolute Gasteiger partial charge is 0.348 e. The third-order valence-electron chi connectivity index (χ3n) is 3.62. The zero-order valence-electron chi connectivity index (χ0n) is 15.0. The van der Waals surface area contributed by atoms with E-state index >= 15 is 0 Å². The molecule has 2 N–H and O–H groups in total. The summed E-state index contributed by atoms with van der Waals surface area (Å²) >= 11 is 1.38. The van der Waals surface area contributed by atoms with Crippen LogP contribution in [-0.2, 0) is 16.0 Å². The van der Waals surface area contributed by atoms with Gasteiger partial charge in [-0.2, -0.15) is 0 Å². The van der Waals surface area contributed by atoms with Gasteiger partial charge in [0, 0.05) is 22.7 Å². The molecule has 0 aliphatic rings. The first-order valence-electron chi connectivity index (χ1n) is 8.39. The van der Waals surface area contributed by atoms with Crippen molar-refractivity contribution < 1.29 is 19.1 Å². The predicted molar refractivity (Wildman–Crippen MR) is 102 cm³/mol. The first-order valence-corrected chi connectivity index (χ1v) is 9.20. The fourth-order valence-corrected chi connectivity index (χ4v) is 3.38. The number of hydrogen-bond donors (Lipinski definition) is 2. The van der Waals surface area contributed by atoms with Crippen molar-refractivity contribution >= 4 is 34.8 Å². The van der Waals surface area contributed by atoms with Gasteiger partial charge in [0.05, 0.1) is 0 Å². The molecule has 138 valence electrons. The van der Waals surface area contributed by atoms with Crippen LogP contribution in [-0.4, -0.2) is 30.9 Å². The van der Waals surface area contributed by atoms with Gasteiger partial charge in [0.1, 0.15) is 4.88 Å². The molecule has 2 amide bonds. The molecule has 1 heterocycles. The van der Waals surface area contributed by atoms with Gasteiger partial charge in [-0.05, 0) is 50.1 Å². The maximum Gasteiger partial charge on any atom is 0.348 e. The number of aryl methyl sites for hydroxylation is 2. The van der Waals surface area contributed by atoms with E-state index in [4.69, 9.17) is 4.74 Å². The molecule has 7 heteroatoms. The van der Waals surface area contributed by atoms with Crippen molar-refractivity contribution in [1.82, 2.24) is 5.32 Å². The van der Waals surface area contributed by atoms with Crippen LogP contribution in [0.25, 0.3) is 0 Å². The zero-order chi connectivity index (χ0) is 19.1. The van der Waals surface area contributed by atoms with E-state index in [0.29, 0.717) is 22.7 Å². The summed E-state index contributed by atoms with van der Waals surface area (Å²) in [6, 6.07) is 8.34. The summed E-state index contributed by atoms with van der Waals surface area (Å²) in [7, 11) is 0. The van der Waals surface area contributed by atoms with E-state index in [9.17, 15) is 14.4 Å². The number of rotatable bonds is 7. The number of carbonyl (C=O) groups is 3. The molecule has 6 nitrogen and oxygen atoms in total. The van der Waals surface area contributed by atoms with Gasteiger partial charge >= 0.3 is 5.97 Å². The highest BCUT2D eigenvalue weighted by atomic mass is 32.1. The van der Waals surface area contributed by atoms with Crippen LogP contribution in [0.3, 0.4) is 0 Å². The molecule has 26 heavy (non-hydrogen) atoms. The Balaban J connectivity index is 1.91. The van der Waals surface area contributed by atoms with Crippen molar-refractivity contribution in [2.45, 2.75) is 27.2 Å². The first kappa shape index (κ1) is 19.7. The van der Waals surface area contributed by atoms with Crippen molar-refractivity contribution in [2.24, 2.45) is 0 Å². The highest BCUT2D eigenvalue weighted by molar-refractivity contribution is 7.14. The summed E-state index contributed by atoms with van der Waals surface area (Å²) in [4.78, 5) is 37.5. The number of ether oxygens (including phenoxy) is 1. The van der Waals surface area contributed by atoms with Gasteiger partial charge in [0.2, 0.25) is 0 Å². The summed E-state index contributed by atoms with van der Waals surface area (Å²) in [5.74, 6) is -1.19. The minimum absolute atomic E-state index is 0.213. The van der Waals surface area contributed by atoms with Gasteiger partial charge in [0.15, 0.2) is 6.61 Å². The monoisotopic (exact) mass is 374 g/mol. The largest absolute Gasteiger partial charge is 0.451 e. The molecule has 0 aliphatic carbocycles. The lowest BCUT2D eigenvalue weighted by atomic mass is 10.2. The van der Waals surface area contributed by atoms with Gasteiger partial charge in [0.25, 0.3) is 11.8 Å². The van der Waals surface area contributed by atoms with Crippen molar-refractivity contribution in [2.75, 3.05) is 18.5 Å². The van der Waals surface area contributed by atoms with Crippen LogP contribution in [0.4, 0.5) is 5.69 Å². The van der Waals surface area contributed by atoms with E-state index in [2.05, 4.69) is 10.6 Å². The van der Waals surface area contributed by atoms with Gasteiger partial charge in [-0.3, -0.25) is 9.59 Å². The van der Waals surface area contributed by atoms with E-state index < -0.39 is 11.9 Å². The molecule has 0 unspecified atom stereocenters. The molecule has 1 aromatic heterocycles. The van der Waals surface area contributed by atoms with E-state index in [-0.39, 0.29) is 12.5 Å². The molecular weight excluding hydrogens is 352 g/mol. The minimum atomic E-state index is -0.510. The lowest BCUT2D eigenvalue weighted by Crippen LogP contribution is -2.23. The second-order valence-corrected chi connectivity index (χ2v) is 6.77. The Morgan fingerprint density at radius 3 is 2.58 bits per heavy atom. The lowest BCUT2D eigenvalue weighted by Gasteiger charge is -2.08. The Morgan fingerprint density at radius 1 is 1.15 bits per heavy atom. The molecule has 0 atom stereocenters. The van der Waals surface area contributed by atoms with Gasteiger partial charge in [-0.25, -0.2) is 4.79 Å². The second-order valence-electron chi connectivity index (χ2n) is 5.63. The normalized spacial score (nSPS) is 10.3. The van der Waals surface area contributed by atoms with Gasteiger partial charge in [-0.15, -0.1) is 11.3 Å². The number of hydrogen-bond acceptors (Lipinski definition) is 5. The van der Waals surface area contributed by atoms with Crippen molar-refractivity contribution in [1.29, 1.82) is 0 Å². The number of esters is 1. The molecule has 0 bridgehead atoms. The fraction of sp³-hybridized carbons (Fsp3) is 0.316. The summed E-state index contributed by atoms with van der Waals surface area (Å²) in [6.07, 6.45) is 0.853. The van der Waals surface area contributed by atoms with E-state index in [0.717, 1.165) is 16.9 Å². The van der Waals surface area contributed by atoms with Crippen molar-refractivity contribution in [3.05, 3.63) is 51.2 Å². The maximum absolute atomic E-state index is 12.1. The van der Waals surface area contributed by atoms with Crippen LogP contribution in [0.2, 0.25) is 0 Å².